The number of rotatable bonds is 3. The summed E-state index contributed by atoms with van der Waals surface area (Å²) in [5.74, 6) is 0.299. The molecule has 0 aromatic heterocycles. The Bertz CT molecular complexity index is 130. The van der Waals surface area contributed by atoms with E-state index >= 15 is 0 Å². The number of nitrogens with zero attached hydrogens (tertiary/aromatic N) is 1. The summed E-state index contributed by atoms with van der Waals surface area (Å²) in [7, 11) is 0. The molecule has 0 atom stereocenters. The first-order valence-electron chi connectivity index (χ1n) is 3.82. The Balaban J connectivity index is 0.000001000. The third-order valence-electron chi connectivity index (χ3n) is 1.80. The summed E-state index contributed by atoms with van der Waals surface area (Å²) in [5.41, 5.74) is 5.31. The van der Waals surface area contributed by atoms with Crippen LogP contribution in [-0.4, -0.2) is 30.4 Å². The maximum Gasteiger partial charge on any atom is 0.222 e. The number of carbonyl (C=O) groups is 1. The molecule has 1 saturated heterocycles. The molecule has 1 aliphatic rings. The molecule has 0 aliphatic carbocycles. The number of carbonyl (C=O) groups excluding carboxylic acids is 1. The SMILES string of the molecule is Cl.NCCCN1CCCC1=O. The molecule has 1 fully saturated rings. The largest absolute Gasteiger partial charge is 0.343 e. The van der Waals surface area contributed by atoms with Gasteiger partial charge in [-0.3, -0.25) is 4.79 Å². The van der Waals surface area contributed by atoms with Gasteiger partial charge in [0.25, 0.3) is 0 Å². The third kappa shape index (κ3) is 3.08. The van der Waals surface area contributed by atoms with Gasteiger partial charge in [-0.05, 0) is 19.4 Å². The molecule has 1 heterocycles. The molecule has 0 radical (unpaired) electrons. The highest BCUT2D eigenvalue weighted by Gasteiger charge is 2.18. The predicted octanol–water partition coefficient (Wildman–Crippen LogP) is 0.379. The molecule has 0 unspecified atom stereocenters. The summed E-state index contributed by atoms with van der Waals surface area (Å²) in [5, 5.41) is 0. The van der Waals surface area contributed by atoms with Crippen LogP contribution in [0.25, 0.3) is 0 Å². The first-order chi connectivity index (χ1) is 4.84. The number of nitrogens with two attached hydrogens (primary N) is 1. The van der Waals surface area contributed by atoms with Gasteiger partial charge < -0.3 is 10.6 Å². The molecule has 1 aliphatic heterocycles. The maximum atomic E-state index is 11.0. The van der Waals surface area contributed by atoms with E-state index < -0.39 is 0 Å². The van der Waals surface area contributed by atoms with Crippen LogP contribution in [0.1, 0.15) is 19.3 Å². The van der Waals surface area contributed by atoms with Crippen molar-refractivity contribution in [2.24, 2.45) is 5.73 Å². The molecule has 1 amide bonds. The van der Waals surface area contributed by atoms with Crippen molar-refractivity contribution in [1.29, 1.82) is 0 Å². The second-order valence-corrected chi connectivity index (χ2v) is 2.63. The summed E-state index contributed by atoms with van der Waals surface area (Å²) < 4.78 is 0. The number of halogens is 1. The average Bonchev–Trinajstić information content (AvgIpc) is 2.31. The Labute approximate surface area is 73.3 Å². The van der Waals surface area contributed by atoms with Crippen molar-refractivity contribution in [1.82, 2.24) is 4.90 Å². The van der Waals surface area contributed by atoms with Crippen LogP contribution in [0.4, 0.5) is 0 Å². The van der Waals surface area contributed by atoms with E-state index in [9.17, 15) is 4.79 Å². The van der Waals surface area contributed by atoms with Gasteiger partial charge >= 0.3 is 0 Å². The quantitative estimate of drug-likeness (QED) is 0.679. The van der Waals surface area contributed by atoms with E-state index in [1.807, 2.05) is 4.90 Å². The predicted molar refractivity (Wildman–Crippen MR) is 46.7 cm³/mol. The first kappa shape index (κ1) is 10.7. The topological polar surface area (TPSA) is 46.3 Å². The van der Waals surface area contributed by atoms with Crippen molar-refractivity contribution in [2.75, 3.05) is 19.6 Å². The summed E-state index contributed by atoms with van der Waals surface area (Å²) in [6.07, 6.45) is 2.71. The minimum Gasteiger partial charge on any atom is -0.343 e. The van der Waals surface area contributed by atoms with Gasteiger partial charge in [0.1, 0.15) is 0 Å². The van der Waals surface area contributed by atoms with Gasteiger partial charge in [0.2, 0.25) is 5.91 Å². The fraction of sp³-hybridized carbons (Fsp3) is 0.857. The minimum atomic E-state index is 0. The number of hydrogen-bond donors (Lipinski definition) is 1. The van der Waals surface area contributed by atoms with Crippen molar-refractivity contribution in [3.8, 4) is 0 Å². The van der Waals surface area contributed by atoms with Crippen molar-refractivity contribution in [3.63, 3.8) is 0 Å². The molecule has 2 N–H and O–H groups in total. The molecule has 11 heavy (non-hydrogen) atoms. The maximum absolute atomic E-state index is 11.0. The van der Waals surface area contributed by atoms with E-state index in [2.05, 4.69) is 0 Å². The Morgan fingerprint density at radius 3 is 2.73 bits per heavy atom. The molecule has 3 nitrogen and oxygen atoms in total. The van der Waals surface area contributed by atoms with E-state index in [1.54, 1.807) is 0 Å². The second kappa shape index (κ2) is 5.38. The molecule has 0 aromatic rings. The lowest BCUT2D eigenvalue weighted by Gasteiger charge is -2.13. The van der Waals surface area contributed by atoms with Crippen LogP contribution in [0.2, 0.25) is 0 Å². The van der Waals surface area contributed by atoms with E-state index in [0.717, 1.165) is 32.4 Å². The van der Waals surface area contributed by atoms with Crippen LogP contribution >= 0.6 is 12.4 Å². The van der Waals surface area contributed by atoms with Gasteiger partial charge in [-0.15, -0.1) is 12.4 Å². The summed E-state index contributed by atoms with van der Waals surface area (Å²) in [6, 6.07) is 0. The number of likely N-dealkylation sites (tertiary alicyclic amines) is 1. The number of hydrogen-bond acceptors (Lipinski definition) is 2. The lowest BCUT2D eigenvalue weighted by atomic mass is 10.4. The lowest BCUT2D eigenvalue weighted by Crippen LogP contribution is -2.27. The summed E-state index contributed by atoms with van der Waals surface area (Å²) >= 11 is 0. The van der Waals surface area contributed by atoms with Crippen LogP contribution in [-0.2, 0) is 4.79 Å². The van der Waals surface area contributed by atoms with E-state index in [-0.39, 0.29) is 12.4 Å². The zero-order valence-electron chi connectivity index (χ0n) is 6.58. The lowest BCUT2D eigenvalue weighted by molar-refractivity contribution is -0.127. The van der Waals surface area contributed by atoms with Crippen molar-refractivity contribution in [2.45, 2.75) is 19.3 Å². The Hall–Kier alpha value is -0.280. The second-order valence-electron chi connectivity index (χ2n) is 2.63. The number of amides is 1. The molecule has 0 bridgehead atoms. The molecule has 0 saturated carbocycles. The standard InChI is InChI=1S/C7H14N2O.ClH/c8-4-2-6-9-5-1-3-7(9)10;/h1-6,8H2;1H. The normalized spacial score (nSPS) is 16.8. The van der Waals surface area contributed by atoms with Crippen LogP contribution < -0.4 is 5.73 Å². The van der Waals surface area contributed by atoms with Crippen molar-refractivity contribution in [3.05, 3.63) is 0 Å². The van der Waals surface area contributed by atoms with Gasteiger partial charge in [0.15, 0.2) is 0 Å². The molecular weight excluding hydrogens is 164 g/mol. The van der Waals surface area contributed by atoms with Crippen LogP contribution in [0.3, 0.4) is 0 Å². The molecular formula is C7H15ClN2O. The summed E-state index contributed by atoms with van der Waals surface area (Å²) in [4.78, 5) is 12.9. The average molecular weight is 179 g/mol. The molecule has 0 spiro atoms. The monoisotopic (exact) mass is 178 g/mol. The van der Waals surface area contributed by atoms with E-state index in [4.69, 9.17) is 5.73 Å². The first-order valence-corrected chi connectivity index (χ1v) is 3.82. The molecule has 4 heteroatoms. The highest BCUT2D eigenvalue weighted by molar-refractivity contribution is 5.85. The molecule has 0 aromatic carbocycles. The third-order valence-corrected chi connectivity index (χ3v) is 1.80. The highest BCUT2D eigenvalue weighted by Crippen LogP contribution is 2.08. The Morgan fingerprint density at radius 1 is 1.55 bits per heavy atom. The van der Waals surface area contributed by atoms with Gasteiger partial charge in [0, 0.05) is 19.5 Å². The fourth-order valence-electron chi connectivity index (χ4n) is 1.22. The Kier molecular flexibility index (Phi) is 5.24. The minimum absolute atomic E-state index is 0. The zero-order chi connectivity index (χ0) is 7.40. The van der Waals surface area contributed by atoms with Gasteiger partial charge in [0.05, 0.1) is 0 Å². The van der Waals surface area contributed by atoms with Crippen LogP contribution in [0.15, 0.2) is 0 Å². The fourth-order valence-corrected chi connectivity index (χ4v) is 1.22. The smallest absolute Gasteiger partial charge is 0.222 e. The van der Waals surface area contributed by atoms with Gasteiger partial charge in [-0.1, -0.05) is 0 Å². The zero-order valence-corrected chi connectivity index (χ0v) is 7.40. The van der Waals surface area contributed by atoms with Crippen LogP contribution in [0, 0.1) is 0 Å². The Morgan fingerprint density at radius 2 is 2.27 bits per heavy atom. The van der Waals surface area contributed by atoms with E-state index in [0.29, 0.717) is 12.5 Å². The van der Waals surface area contributed by atoms with Gasteiger partial charge in [-0.25, -0.2) is 0 Å². The molecule has 66 valence electrons. The molecule has 1 rings (SSSR count). The van der Waals surface area contributed by atoms with Crippen molar-refractivity contribution < 1.29 is 4.79 Å². The van der Waals surface area contributed by atoms with Crippen LogP contribution in [0.5, 0.6) is 0 Å². The highest BCUT2D eigenvalue weighted by atomic mass is 35.5. The van der Waals surface area contributed by atoms with Gasteiger partial charge in [-0.2, -0.15) is 0 Å². The summed E-state index contributed by atoms with van der Waals surface area (Å²) in [6.45, 7) is 2.48. The van der Waals surface area contributed by atoms with E-state index in [1.165, 1.54) is 0 Å². The van der Waals surface area contributed by atoms with Crippen molar-refractivity contribution >= 4 is 18.3 Å².